The summed E-state index contributed by atoms with van der Waals surface area (Å²) in [6.45, 7) is 4.68. The van der Waals surface area contributed by atoms with Crippen LogP contribution in [-0.2, 0) is 0 Å². The van der Waals surface area contributed by atoms with Gasteiger partial charge in [0.05, 0.1) is 16.4 Å². The number of allylic oxidation sites excluding steroid dienone is 8. The van der Waals surface area contributed by atoms with Crippen LogP contribution in [0.2, 0.25) is 0 Å². The Morgan fingerprint density at radius 2 is 1.11 bits per heavy atom. The van der Waals surface area contributed by atoms with E-state index in [4.69, 9.17) is 8.83 Å². The average Bonchev–Trinajstić information content (AvgIpc) is 4.05. The van der Waals surface area contributed by atoms with Gasteiger partial charge >= 0.3 is 0 Å². The first-order valence-electron chi connectivity index (χ1n) is 23.2. The molecule has 2 aliphatic rings. The Hall–Kier alpha value is -8.08. The molecule has 2 aliphatic carbocycles. The van der Waals surface area contributed by atoms with Gasteiger partial charge in [0.2, 0.25) is 0 Å². The molecule has 0 bridgehead atoms. The number of hydrogen-bond donors (Lipinski definition) is 0. The summed E-state index contributed by atoms with van der Waals surface area (Å²) in [6, 6.07) is 63.1. The van der Waals surface area contributed by atoms with Crippen LogP contribution >= 0.6 is 0 Å². The maximum atomic E-state index is 7.07. The highest BCUT2D eigenvalue weighted by atomic mass is 16.3. The number of rotatable bonds is 7. The molecular formula is C62H46N2O2. The van der Waals surface area contributed by atoms with Crippen LogP contribution in [0.1, 0.15) is 26.7 Å². The zero-order chi connectivity index (χ0) is 43.9. The second-order valence-electron chi connectivity index (χ2n) is 18.2. The zero-order valence-electron chi connectivity index (χ0n) is 36.9. The minimum Gasteiger partial charge on any atom is -0.455 e. The van der Waals surface area contributed by atoms with Crippen molar-refractivity contribution in [3.8, 4) is 27.9 Å². The summed E-state index contributed by atoms with van der Waals surface area (Å²) in [5.41, 5.74) is 17.9. The van der Waals surface area contributed by atoms with Gasteiger partial charge in [-0.2, -0.15) is 0 Å². The highest BCUT2D eigenvalue weighted by molar-refractivity contribution is 6.24. The van der Waals surface area contributed by atoms with Crippen molar-refractivity contribution in [3.63, 3.8) is 0 Å². The number of nitrogens with zero attached hydrogens (tertiary/aromatic N) is 2. The van der Waals surface area contributed by atoms with Gasteiger partial charge in [0.25, 0.3) is 0 Å². The van der Waals surface area contributed by atoms with E-state index in [0.717, 1.165) is 112 Å². The summed E-state index contributed by atoms with van der Waals surface area (Å²) in [7, 11) is 0. The van der Waals surface area contributed by atoms with Gasteiger partial charge in [-0.3, -0.25) is 0 Å². The fraction of sp³-hybridized carbons (Fsp3) is 0.0968. The molecule has 3 aromatic heterocycles. The molecule has 0 spiro atoms. The van der Waals surface area contributed by atoms with Crippen molar-refractivity contribution in [3.05, 3.63) is 223 Å². The van der Waals surface area contributed by atoms with Crippen LogP contribution in [0.5, 0.6) is 0 Å². The van der Waals surface area contributed by atoms with E-state index in [1.165, 1.54) is 22.2 Å². The van der Waals surface area contributed by atoms with E-state index in [0.29, 0.717) is 11.8 Å². The Bertz CT molecular complexity index is 3830. The van der Waals surface area contributed by atoms with Crippen LogP contribution in [-0.4, -0.2) is 4.57 Å². The Morgan fingerprint density at radius 1 is 0.485 bits per heavy atom. The van der Waals surface area contributed by atoms with Gasteiger partial charge in [0, 0.05) is 60.8 Å². The van der Waals surface area contributed by atoms with Gasteiger partial charge in [-0.25, -0.2) is 0 Å². The number of aromatic nitrogens is 1. The first-order valence-corrected chi connectivity index (χ1v) is 23.2. The Balaban J connectivity index is 0.912. The molecule has 4 heteroatoms. The van der Waals surface area contributed by atoms with Crippen LogP contribution in [0, 0.1) is 11.8 Å². The number of anilines is 2. The maximum Gasteiger partial charge on any atom is 0.145 e. The van der Waals surface area contributed by atoms with E-state index in [2.05, 4.69) is 217 Å². The second kappa shape index (κ2) is 15.3. The van der Waals surface area contributed by atoms with Gasteiger partial charge in [0.15, 0.2) is 0 Å². The van der Waals surface area contributed by atoms with Gasteiger partial charge in [0.1, 0.15) is 22.3 Å². The maximum absolute atomic E-state index is 7.07. The van der Waals surface area contributed by atoms with E-state index in [1.807, 2.05) is 12.1 Å². The highest BCUT2D eigenvalue weighted by Crippen LogP contribution is 2.45. The standard InChI is InChI=1S/C62H46N2O2/c1-39-13-10-14-43(37-39)48-34-33-47(38-40(48)2)63(45-29-25-41(26-30-45)49-19-11-21-52-51-17-7-9-24-58(51)65-60(49)52)46-31-27-42(28-32-46)50-20-12-22-53-54-35-36-57-59(62(54)66-61(50)53)55-18-6-8-23-56(55)64(57)44-15-4-3-5-16-44/h3-36,39-40H,37-38H2,1-2H3. The molecule has 2 atom stereocenters. The monoisotopic (exact) mass is 850 g/mol. The normalized spacial score (nSPS) is 16.4. The van der Waals surface area contributed by atoms with Crippen LogP contribution in [0.3, 0.4) is 0 Å². The van der Waals surface area contributed by atoms with E-state index in [9.17, 15) is 0 Å². The molecule has 0 saturated carbocycles. The highest BCUT2D eigenvalue weighted by Gasteiger charge is 2.26. The summed E-state index contributed by atoms with van der Waals surface area (Å²) in [6.07, 6.45) is 13.6. The van der Waals surface area contributed by atoms with Gasteiger partial charge in [-0.15, -0.1) is 0 Å². The predicted molar refractivity (Wildman–Crippen MR) is 276 cm³/mol. The first-order chi connectivity index (χ1) is 32.6. The first kappa shape index (κ1) is 38.4. The summed E-state index contributed by atoms with van der Waals surface area (Å²) in [4.78, 5) is 2.44. The average molecular weight is 851 g/mol. The summed E-state index contributed by atoms with van der Waals surface area (Å²) in [5, 5.41) is 6.84. The van der Waals surface area contributed by atoms with Crippen molar-refractivity contribution in [1.82, 2.24) is 4.57 Å². The molecule has 8 aromatic carbocycles. The van der Waals surface area contributed by atoms with Crippen LogP contribution in [0.15, 0.2) is 232 Å². The lowest BCUT2D eigenvalue weighted by molar-refractivity contribution is 0.629. The molecule has 4 nitrogen and oxygen atoms in total. The van der Waals surface area contributed by atoms with Crippen LogP contribution < -0.4 is 4.90 Å². The number of furan rings is 2. The zero-order valence-corrected chi connectivity index (χ0v) is 36.9. The fourth-order valence-corrected chi connectivity index (χ4v) is 10.9. The summed E-state index contributed by atoms with van der Waals surface area (Å²) < 4.78 is 15.9. The lowest BCUT2D eigenvalue weighted by atomic mass is 9.81. The largest absolute Gasteiger partial charge is 0.455 e. The van der Waals surface area contributed by atoms with Gasteiger partial charge in [-0.1, -0.05) is 153 Å². The molecule has 316 valence electrons. The van der Waals surface area contributed by atoms with E-state index in [-0.39, 0.29) is 0 Å². The van der Waals surface area contributed by atoms with Crippen molar-refractivity contribution in [2.45, 2.75) is 26.7 Å². The molecule has 13 rings (SSSR count). The molecule has 0 amide bonds. The third kappa shape index (κ3) is 6.13. The quantitative estimate of drug-likeness (QED) is 0.160. The van der Waals surface area contributed by atoms with E-state index >= 15 is 0 Å². The number of benzene rings is 8. The third-order valence-corrected chi connectivity index (χ3v) is 14.0. The number of para-hydroxylation sites is 5. The van der Waals surface area contributed by atoms with Crippen molar-refractivity contribution in [1.29, 1.82) is 0 Å². The van der Waals surface area contributed by atoms with Crippen molar-refractivity contribution < 1.29 is 8.83 Å². The molecular weight excluding hydrogens is 805 g/mol. The van der Waals surface area contributed by atoms with Crippen molar-refractivity contribution in [2.24, 2.45) is 11.8 Å². The molecule has 66 heavy (non-hydrogen) atoms. The minimum atomic E-state index is 0.376. The molecule has 11 aromatic rings. The lowest BCUT2D eigenvalue weighted by Gasteiger charge is -2.33. The Kier molecular flexibility index (Phi) is 8.89. The lowest BCUT2D eigenvalue weighted by Crippen LogP contribution is -2.21. The molecule has 3 heterocycles. The predicted octanol–water partition coefficient (Wildman–Crippen LogP) is 17.4. The van der Waals surface area contributed by atoms with Crippen LogP contribution in [0.4, 0.5) is 11.4 Å². The topological polar surface area (TPSA) is 34.5 Å². The molecule has 0 saturated heterocycles. The van der Waals surface area contributed by atoms with Crippen molar-refractivity contribution in [2.75, 3.05) is 4.90 Å². The molecule has 0 radical (unpaired) electrons. The van der Waals surface area contributed by atoms with E-state index in [1.54, 1.807) is 0 Å². The van der Waals surface area contributed by atoms with Gasteiger partial charge in [-0.05, 0) is 114 Å². The molecule has 2 unspecified atom stereocenters. The summed E-state index contributed by atoms with van der Waals surface area (Å²) in [5.74, 6) is 0.927. The SMILES string of the molecule is CC1C=CC=C(C2=CC=C(N(c3ccc(-c4cccc5c4oc4ccccc45)cc3)c3ccc(-c4cccc5c4oc4c5ccc5c4c4ccccc4n5-c4ccccc4)cc3)CC2C)C1. The third-order valence-electron chi connectivity index (χ3n) is 14.0. The fourth-order valence-electron chi connectivity index (χ4n) is 10.9. The van der Waals surface area contributed by atoms with E-state index < -0.39 is 0 Å². The number of hydrogen-bond acceptors (Lipinski definition) is 3. The van der Waals surface area contributed by atoms with Crippen molar-refractivity contribution >= 4 is 77.1 Å². The molecule has 0 aliphatic heterocycles. The number of fused-ring (bicyclic) bond motifs is 10. The molecule has 0 N–H and O–H groups in total. The summed E-state index contributed by atoms with van der Waals surface area (Å²) >= 11 is 0. The Labute approximate surface area is 383 Å². The smallest absolute Gasteiger partial charge is 0.145 e. The van der Waals surface area contributed by atoms with Gasteiger partial charge < -0.3 is 18.3 Å². The minimum absolute atomic E-state index is 0.376. The Morgan fingerprint density at radius 3 is 1.82 bits per heavy atom. The van der Waals surface area contributed by atoms with Crippen LogP contribution in [0.25, 0.3) is 93.6 Å². The molecule has 0 fully saturated rings. The second-order valence-corrected chi connectivity index (χ2v) is 18.2.